The monoisotopic (exact) mass is 364 g/mol. The highest BCUT2D eigenvalue weighted by Crippen LogP contribution is 2.14. The molecule has 25 heavy (non-hydrogen) atoms. The van der Waals surface area contributed by atoms with Crippen LogP contribution in [0.25, 0.3) is 4.96 Å². The summed E-state index contributed by atoms with van der Waals surface area (Å²) < 4.78 is 6.40. The number of methoxy groups -OCH3 is 1. The molecule has 1 aliphatic heterocycles. The Morgan fingerprint density at radius 3 is 2.76 bits per heavy atom. The van der Waals surface area contributed by atoms with Gasteiger partial charge in [0.2, 0.25) is 0 Å². The van der Waals surface area contributed by atoms with Crippen molar-refractivity contribution in [3.63, 3.8) is 0 Å². The van der Waals surface area contributed by atoms with Crippen LogP contribution in [-0.2, 0) is 16.1 Å². The topological polar surface area (TPSA) is 67.2 Å². The Morgan fingerprint density at radius 1 is 1.36 bits per heavy atom. The molecule has 0 amide bonds. The van der Waals surface area contributed by atoms with E-state index in [0.29, 0.717) is 13.0 Å². The predicted molar refractivity (Wildman–Crippen MR) is 97.0 cm³/mol. The molecule has 0 spiro atoms. The summed E-state index contributed by atoms with van der Waals surface area (Å²) in [5.74, 6) is -0.167. The fraction of sp³-hybridized carbons (Fsp3) is 0.588. The molecule has 0 N–H and O–H groups in total. The number of hydrogen-bond acceptors (Lipinski definition) is 7. The van der Waals surface area contributed by atoms with E-state index < -0.39 is 0 Å². The van der Waals surface area contributed by atoms with Gasteiger partial charge >= 0.3 is 5.97 Å². The number of aromatic nitrogens is 2. The SMILES string of the molecule is COC(=O)CC(C)N1CCN(Cc2cc(=O)n3c(C)csc3n2)CC1. The predicted octanol–water partition coefficient (Wildman–Crippen LogP) is 1.13. The van der Waals surface area contributed by atoms with Crippen LogP contribution in [0, 0.1) is 6.92 Å². The number of piperazine rings is 1. The molecule has 1 saturated heterocycles. The van der Waals surface area contributed by atoms with Gasteiger partial charge in [-0.1, -0.05) is 0 Å². The minimum atomic E-state index is -0.167. The van der Waals surface area contributed by atoms with Gasteiger partial charge in [-0.3, -0.25) is 23.8 Å². The highest BCUT2D eigenvalue weighted by molar-refractivity contribution is 7.15. The number of fused-ring (bicyclic) bond motifs is 1. The first-order valence-electron chi connectivity index (χ1n) is 8.48. The van der Waals surface area contributed by atoms with Crippen molar-refractivity contribution in [2.75, 3.05) is 33.3 Å². The van der Waals surface area contributed by atoms with Crippen LogP contribution in [0.15, 0.2) is 16.2 Å². The molecule has 1 unspecified atom stereocenters. The maximum Gasteiger partial charge on any atom is 0.307 e. The maximum atomic E-state index is 12.3. The van der Waals surface area contributed by atoms with Crippen molar-refractivity contribution >= 4 is 22.3 Å². The Balaban J connectivity index is 1.59. The molecule has 2 aromatic rings. The lowest BCUT2D eigenvalue weighted by atomic mass is 10.1. The molecule has 0 saturated carbocycles. The van der Waals surface area contributed by atoms with Gasteiger partial charge in [0.15, 0.2) is 4.96 Å². The van der Waals surface area contributed by atoms with Crippen molar-refractivity contribution < 1.29 is 9.53 Å². The van der Waals surface area contributed by atoms with Crippen LogP contribution in [-0.4, -0.2) is 64.5 Å². The van der Waals surface area contributed by atoms with Crippen molar-refractivity contribution in [1.82, 2.24) is 19.2 Å². The van der Waals surface area contributed by atoms with Crippen molar-refractivity contribution in [3.8, 4) is 0 Å². The zero-order valence-corrected chi connectivity index (χ0v) is 15.7. The van der Waals surface area contributed by atoms with Gasteiger partial charge in [-0.15, -0.1) is 11.3 Å². The van der Waals surface area contributed by atoms with E-state index >= 15 is 0 Å². The fourth-order valence-corrected chi connectivity index (χ4v) is 4.12. The molecule has 1 atom stereocenters. The molecule has 0 aliphatic carbocycles. The molecule has 3 heterocycles. The van der Waals surface area contributed by atoms with Gasteiger partial charge in [0.25, 0.3) is 5.56 Å². The van der Waals surface area contributed by atoms with E-state index in [1.165, 1.54) is 18.4 Å². The van der Waals surface area contributed by atoms with Crippen LogP contribution in [0.2, 0.25) is 0 Å². The molecule has 0 aromatic carbocycles. The van der Waals surface area contributed by atoms with Crippen LogP contribution in [0.4, 0.5) is 0 Å². The van der Waals surface area contributed by atoms with Crippen LogP contribution in [0.5, 0.6) is 0 Å². The summed E-state index contributed by atoms with van der Waals surface area (Å²) in [6, 6.07) is 1.82. The molecule has 2 aromatic heterocycles. The van der Waals surface area contributed by atoms with Crippen molar-refractivity contribution in [3.05, 3.63) is 33.2 Å². The van der Waals surface area contributed by atoms with Crippen molar-refractivity contribution in [2.45, 2.75) is 32.9 Å². The number of rotatable bonds is 5. The molecule has 8 heteroatoms. The largest absolute Gasteiger partial charge is 0.469 e. The first kappa shape index (κ1) is 18.0. The summed E-state index contributed by atoms with van der Waals surface area (Å²) in [5.41, 5.74) is 1.74. The number of thiazole rings is 1. The van der Waals surface area contributed by atoms with Crippen LogP contribution >= 0.6 is 11.3 Å². The van der Waals surface area contributed by atoms with Gasteiger partial charge in [0, 0.05) is 55.9 Å². The summed E-state index contributed by atoms with van der Waals surface area (Å²) in [4.78, 5) is 33.7. The second kappa shape index (κ2) is 7.63. The highest BCUT2D eigenvalue weighted by atomic mass is 32.1. The summed E-state index contributed by atoms with van der Waals surface area (Å²) in [6.45, 7) is 8.26. The molecule has 7 nitrogen and oxygen atoms in total. The Kier molecular flexibility index (Phi) is 5.51. The first-order chi connectivity index (χ1) is 12.0. The smallest absolute Gasteiger partial charge is 0.307 e. The van der Waals surface area contributed by atoms with Crippen LogP contribution in [0.1, 0.15) is 24.7 Å². The standard InChI is InChI=1S/C17H24N4O3S/c1-12(8-16(23)24-3)20-6-4-19(5-7-20)10-14-9-15(22)21-13(2)11-25-17(21)18-14/h9,11-12H,4-8,10H2,1-3H3. The second-order valence-corrected chi connectivity index (χ2v) is 7.36. The summed E-state index contributed by atoms with van der Waals surface area (Å²) in [6.07, 6.45) is 0.420. The fourth-order valence-electron chi connectivity index (χ4n) is 3.23. The van der Waals surface area contributed by atoms with E-state index in [-0.39, 0.29) is 17.6 Å². The first-order valence-corrected chi connectivity index (χ1v) is 9.36. The maximum absolute atomic E-state index is 12.3. The average Bonchev–Trinajstić information content (AvgIpc) is 2.96. The second-order valence-electron chi connectivity index (χ2n) is 6.52. The molecule has 0 radical (unpaired) electrons. The van der Waals surface area contributed by atoms with Crippen LogP contribution < -0.4 is 5.56 Å². The van der Waals surface area contributed by atoms with Gasteiger partial charge in [0.1, 0.15) is 0 Å². The van der Waals surface area contributed by atoms with Gasteiger partial charge in [-0.05, 0) is 13.8 Å². The van der Waals surface area contributed by atoms with E-state index in [2.05, 4.69) is 21.7 Å². The third kappa shape index (κ3) is 4.08. The molecular weight excluding hydrogens is 340 g/mol. The molecule has 1 aliphatic rings. The van der Waals surface area contributed by atoms with Gasteiger partial charge in [-0.2, -0.15) is 0 Å². The minimum absolute atomic E-state index is 0.0101. The Bertz CT molecular complexity index is 808. The number of hydrogen-bond donors (Lipinski definition) is 0. The quantitative estimate of drug-likeness (QED) is 0.741. The number of esters is 1. The number of carbonyl (C=O) groups excluding carboxylic acids is 1. The highest BCUT2D eigenvalue weighted by Gasteiger charge is 2.23. The lowest BCUT2D eigenvalue weighted by Gasteiger charge is -2.37. The van der Waals surface area contributed by atoms with E-state index in [9.17, 15) is 9.59 Å². The minimum Gasteiger partial charge on any atom is -0.469 e. The number of carbonyl (C=O) groups is 1. The summed E-state index contributed by atoms with van der Waals surface area (Å²) in [7, 11) is 1.43. The van der Waals surface area contributed by atoms with Crippen LogP contribution in [0.3, 0.4) is 0 Å². The van der Waals surface area contributed by atoms with Gasteiger partial charge in [-0.25, -0.2) is 4.98 Å². The summed E-state index contributed by atoms with van der Waals surface area (Å²) >= 11 is 1.50. The third-order valence-corrected chi connectivity index (χ3v) is 5.68. The Labute approximate surface area is 150 Å². The van der Waals surface area contributed by atoms with E-state index in [1.54, 1.807) is 10.5 Å². The molecule has 3 rings (SSSR count). The van der Waals surface area contributed by atoms with E-state index in [0.717, 1.165) is 42.5 Å². The molecule has 1 fully saturated rings. The number of ether oxygens (including phenoxy) is 1. The zero-order valence-electron chi connectivity index (χ0n) is 14.9. The number of aryl methyl sites for hydroxylation is 1. The lowest BCUT2D eigenvalue weighted by molar-refractivity contribution is -0.142. The molecule has 136 valence electrons. The zero-order chi connectivity index (χ0) is 18.0. The van der Waals surface area contributed by atoms with Gasteiger partial charge < -0.3 is 4.74 Å². The van der Waals surface area contributed by atoms with Crippen molar-refractivity contribution in [2.24, 2.45) is 0 Å². The average molecular weight is 364 g/mol. The van der Waals surface area contributed by atoms with E-state index in [1.807, 2.05) is 12.3 Å². The Morgan fingerprint density at radius 2 is 2.08 bits per heavy atom. The van der Waals surface area contributed by atoms with Crippen molar-refractivity contribution in [1.29, 1.82) is 0 Å². The lowest BCUT2D eigenvalue weighted by Crippen LogP contribution is -2.49. The third-order valence-electron chi connectivity index (χ3n) is 4.73. The van der Waals surface area contributed by atoms with Gasteiger partial charge in [0.05, 0.1) is 19.2 Å². The Hall–Kier alpha value is -1.77. The molecular formula is C17H24N4O3S. The molecule has 0 bridgehead atoms. The van der Waals surface area contributed by atoms with E-state index in [4.69, 9.17) is 4.74 Å². The number of nitrogens with zero attached hydrogens (tertiary/aromatic N) is 4. The summed E-state index contributed by atoms with van der Waals surface area (Å²) in [5, 5.41) is 1.95. The normalized spacial score (nSPS) is 17.7.